The van der Waals surface area contributed by atoms with Crippen molar-refractivity contribution in [3.8, 4) is 0 Å². The van der Waals surface area contributed by atoms with Gasteiger partial charge in [0.2, 0.25) is 0 Å². The van der Waals surface area contributed by atoms with Crippen LogP contribution in [-0.2, 0) is 0 Å². The predicted octanol–water partition coefficient (Wildman–Crippen LogP) is 4.28. The Morgan fingerprint density at radius 3 is 2.35 bits per heavy atom. The molecule has 2 heteroatoms. The number of hydrogen-bond acceptors (Lipinski definition) is 2. The molecule has 0 aliphatic heterocycles. The molecule has 2 nitrogen and oxygen atoms in total. The van der Waals surface area contributed by atoms with E-state index in [9.17, 15) is 0 Å². The van der Waals surface area contributed by atoms with E-state index in [1.807, 2.05) is 54.6 Å². The highest BCUT2D eigenvalue weighted by molar-refractivity contribution is 6.13. The summed E-state index contributed by atoms with van der Waals surface area (Å²) in [5.41, 5.74) is 3.66. The first-order valence-electron chi connectivity index (χ1n) is 6.35. The number of nitrogens with zero attached hydrogens (tertiary/aromatic N) is 2. The van der Waals surface area contributed by atoms with E-state index in [0.717, 1.165) is 22.5 Å². The van der Waals surface area contributed by atoms with Gasteiger partial charge >= 0.3 is 0 Å². The number of allylic oxidation sites excluding steroid dienone is 3. The molecule has 20 heavy (non-hydrogen) atoms. The number of pyridine rings is 1. The lowest BCUT2D eigenvalue weighted by atomic mass is 10.0. The van der Waals surface area contributed by atoms with Crippen LogP contribution in [0.5, 0.6) is 0 Å². The summed E-state index contributed by atoms with van der Waals surface area (Å²) >= 11 is 0. The van der Waals surface area contributed by atoms with Gasteiger partial charge in [-0.25, -0.2) is 0 Å². The quantitative estimate of drug-likeness (QED) is 0.581. The number of aliphatic imine (C=N–C) groups is 1. The van der Waals surface area contributed by atoms with E-state index >= 15 is 0 Å². The first kappa shape index (κ1) is 13.7. The largest absolute Gasteiger partial charge is 0.257 e. The van der Waals surface area contributed by atoms with E-state index < -0.39 is 0 Å². The molecule has 0 aliphatic carbocycles. The molecule has 0 unspecified atom stereocenters. The van der Waals surface area contributed by atoms with Crippen molar-refractivity contribution >= 4 is 11.3 Å². The van der Waals surface area contributed by atoms with Gasteiger partial charge in [-0.05, 0) is 18.2 Å². The minimum atomic E-state index is 0.834. The summed E-state index contributed by atoms with van der Waals surface area (Å²) in [5.74, 6) is 0. The maximum Gasteiger partial charge on any atom is 0.0708 e. The fourth-order valence-electron chi connectivity index (χ4n) is 1.82. The number of benzene rings is 1. The highest BCUT2D eigenvalue weighted by Crippen LogP contribution is 2.14. The lowest BCUT2D eigenvalue weighted by molar-refractivity contribution is 1.28. The molecule has 0 saturated carbocycles. The van der Waals surface area contributed by atoms with Crippen molar-refractivity contribution in [2.75, 3.05) is 0 Å². The van der Waals surface area contributed by atoms with E-state index in [2.05, 4.69) is 23.1 Å². The van der Waals surface area contributed by atoms with Crippen molar-refractivity contribution in [2.24, 2.45) is 4.99 Å². The zero-order valence-corrected chi connectivity index (χ0v) is 11.2. The molecule has 98 valence electrons. The molecule has 1 heterocycles. The molecule has 0 atom stereocenters. The van der Waals surface area contributed by atoms with Gasteiger partial charge in [-0.2, -0.15) is 0 Å². The molecular weight excluding hydrogens is 244 g/mol. The maximum absolute atomic E-state index is 4.34. The molecule has 0 bridgehead atoms. The molecule has 2 rings (SSSR count). The molecule has 2 aromatic rings. The Kier molecular flexibility index (Phi) is 4.79. The molecular formula is C18H16N2. The molecule has 0 fully saturated rings. The maximum atomic E-state index is 4.34. The van der Waals surface area contributed by atoms with Gasteiger partial charge in [-0.1, -0.05) is 55.6 Å². The molecule has 0 N–H and O–H groups in total. The van der Waals surface area contributed by atoms with Crippen LogP contribution in [0.3, 0.4) is 0 Å². The van der Waals surface area contributed by atoms with Gasteiger partial charge in [0.25, 0.3) is 0 Å². The summed E-state index contributed by atoms with van der Waals surface area (Å²) in [6, 6.07) is 15.8. The van der Waals surface area contributed by atoms with Crippen LogP contribution in [-0.4, -0.2) is 10.7 Å². The summed E-state index contributed by atoms with van der Waals surface area (Å²) < 4.78 is 0. The van der Waals surface area contributed by atoms with Crippen molar-refractivity contribution in [3.05, 3.63) is 97.5 Å². The van der Waals surface area contributed by atoms with Crippen LogP contribution < -0.4 is 0 Å². The van der Waals surface area contributed by atoms with Gasteiger partial charge in [0, 0.05) is 23.5 Å². The zero-order valence-electron chi connectivity index (χ0n) is 11.2. The van der Waals surface area contributed by atoms with Crippen molar-refractivity contribution in [2.45, 2.75) is 0 Å². The molecule has 1 aromatic heterocycles. The second-order valence-electron chi connectivity index (χ2n) is 4.08. The second-order valence-corrected chi connectivity index (χ2v) is 4.08. The first-order valence-corrected chi connectivity index (χ1v) is 6.35. The zero-order chi connectivity index (χ0) is 14.2. The number of hydrogen-bond donors (Lipinski definition) is 0. The van der Waals surface area contributed by atoms with Crippen molar-refractivity contribution < 1.29 is 0 Å². The van der Waals surface area contributed by atoms with E-state index in [1.165, 1.54) is 6.20 Å². The van der Waals surface area contributed by atoms with Crippen LogP contribution in [0.15, 0.2) is 91.2 Å². The average molecular weight is 260 g/mol. The Labute approximate surface area is 119 Å². The Bertz CT molecular complexity index is 638. The van der Waals surface area contributed by atoms with E-state index in [4.69, 9.17) is 0 Å². The summed E-state index contributed by atoms with van der Waals surface area (Å²) in [7, 11) is 0. The summed E-state index contributed by atoms with van der Waals surface area (Å²) in [4.78, 5) is 8.67. The van der Waals surface area contributed by atoms with Crippen LogP contribution in [0.25, 0.3) is 5.57 Å². The highest BCUT2D eigenvalue weighted by atomic mass is 14.7. The van der Waals surface area contributed by atoms with Crippen LogP contribution in [0.4, 0.5) is 0 Å². The fraction of sp³-hybridized carbons (Fsp3) is 0. The first-order chi connectivity index (χ1) is 9.85. The lowest BCUT2D eigenvalue weighted by Crippen LogP contribution is -1.98. The van der Waals surface area contributed by atoms with Gasteiger partial charge in [-0.15, -0.1) is 0 Å². The van der Waals surface area contributed by atoms with Crippen molar-refractivity contribution in [3.63, 3.8) is 0 Å². The number of aromatic nitrogens is 1. The Hall–Kier alpha value is -2.74. The Morgan fingerprint density at radius 1 is 1.00 bits per heavy atom. The van der Waals surface area contributed by atoms with E-state index in [0.29, 0.717) is 0 Å². The van der Waals surface area contributed by atoms with Crippen LogP contribution in [0.2, 0.25) is 0 Å². The third kappa shape index (κ3) is 3.39. The molecule has 0 amide bonds. The van der Waals surface area contributed by atoms with Crippen molar-refractivity contribution in [1.29, 1.82) is 0 Å². The third-order valence-corrected chi connectivity index (χ3v) is 2.77. The third-order valence-electron chi connectivity index (χ3n) is 2.77. The number of rotatable bonds is 5. The van der Waals surface area contributed by atoms with E-state index in [1.54, 1.807) is 12.3 Å². The van der Waals surface area contributed by atoms with Gasteiger partial charge in [0.05, 0.1) is 11.4 Å². The highest BCUT2D eigenvalue weighted by Gasteiger charge is 2.03. The Balaban J connectivity index is 2.45. The normalized spacial score (nSPS) is 12.0. The topological polar surface area (TPSA) is 25.2 Å². The average Bonchev–Trinajstić information content (AvgIpc) is 2.53. The molecule has 0 aliphatic rings. The summed E-state index contributed by atoms with van der Waals surface area (Å²) in [6.07, 6.45) is 7.05. The van der Waals surface area contributed by atoms with Gasteiger partial charge in [0.1, 0.15) is 0 Å². The summed E-state index contributed by atoms with van der Waals surface area (Å²) in [6.45, 7) is 7.53. The van der Waals surface area contributed by atoms with E-state index in [-0.39, 0.29) is 0 Å². The minimum Gasteiger partial charge on any atom is -0.257 e. The van der Waals surface area contributed by atoms with Crippen LogP contribution >= 0.6 is 0 Å². The van der Waals surface area contributed by atoms with Gasteiger partial charge < -0.3 is 0 Å². The second kappa shape index (κ2) is 7.00. The molecule has 0 spiro atoms. The summed E-state index contributed by atoms with van der Waals surface area (Å²) in [5, 5.41) is 0. The predicted molar refractivity (Wildman–Crippen MR) is 85.6 cm³/mol. The van der Waals surface area contributed by atoms with Gasteiger partial charge in [-0.3, -0.25) is 9.98 Å². The SMILES string of the molecule is C=C/N=C(\C=C(/C=C)c1ccccn1)c1ccccc1. The van der Waals surface area contributed by atoms with Gasteiger partial charge in [0.15, 0.2) is 0 Å². The minimum absolute atomic E-state index is 0.834. The van der Waals surface area contributed by atoms with Crippen molar-refractivity contribution in [1.82, 2.24) is 4.98 Å². The van der Waals surface area contributed by atoms with Crippen LogP contribution in [0.1, 0.15) is 11.3 Å². The molecule has 1 aromatic carbocycles. The standard InChI is InChI=1S/C18H16N2/c1-3-15(17-12-8-9-13-20-17)14-18(19-4-2)16-10-6-5-7-11-16/h3-14H,1-2H2/b15-14+,19-18+. The lowest BCUT2D eigenvalue weighted by Gasteiger charge is -2.04. The molecule has 0 radical (unpaired) electrons. The molecule has 0 saturated heterocycles. The fourth-order valence-corrected chi connectivity index (χ4v) is 1.82. The van der Waals surface area contributed by atoms with Crippen LogP contribution in [0, 0.1) is 0 Å². The monoisotopic (exact) mass is 260 g/mol. The smallest absolute Gasteiger partial charge is 0.0708 e. The Morgan fingerprint density at radius 2 is 1.75 bits per heavy atom.